The molecule has 4 N–H and O–H groups in total. The van der Waals surface area contributed by atoms with E-state index in [0.29, 0.717) is 0 Å². The Morgan fingerprint density at radius 1 is 1.00 bits per heavy atom. The molecule has 0 heterocycles. The first-order valence-corrected chi connectivity index (χ1v) is 4.68. The smallest absolute Gasteiger partial charge is 0.101 e. The van der Waals surface area contributed by atoms with Crippen molar-refractivity contribution in [3.05, 3.63) is 0 Å². The SMILES string of the molecule is C[N+](C)(C)CCO.OCCC(O)CO.[Cl-]. The molecule has 0 saturated heterocycles. The van der Waals surface area contributed by atoms with Gasteiger partial charge in [0.2, 0.25) is 0 Å². The monoisotopic (exact) mass is 245 g/mol. The predicted octanol–water partition coefficient (Wildman–Crippen LogP) is -4.59. The summed E-state index contributed by atoms with van der Waals surface area (Å²) in [5, 5.41) is 33.0. The van der Waals surface area contributed by atoms with Gasteiger partial charge in [-0.2, -0.15) is 0 Å². The van der Waals surface area contributed by atoms with E-state index in [1.807, 2.05) is 0 Å². The minimum absolute atomic E-state index is 0. The van der Waals surface area contributed by atoms with Gasteiger partial charge in [0, 0.05) is 6.61 Å². The van der Waals surface area contributed by atoms with E-state index in [9.17, 15) is 0 Å². The van der Waals surface area contributed by atoms with Crippen LogP contribution in [0.5, 0.6) is 0 Å². The highest BCUT2D eigenvalue weighted by Gasteiger charge is 2.02. The summed E-state index contributed by atoms with van der Waals surface area (Å²) in [5.41, 5.74) is 0. The number of aliphatic hydroxyl groups is 4. The van der Waals surface area contributed by atoms with Crippen LogP contribution in [0.25, 0.3) is 0 Å². The standard InChI is InChI=1S/C5H14NO.C4H10O3.ClH/c1-6(2,3)4-5-7;5-2-1-4(7)3-6;/h7H,4-5H2,1-3H3;4-7H,1-3H2;1H/q+1;;/p-1. The molecule has 0 rings (SSSR count). The maximum atomic E-state index is 8.45. The van der Waals surface area contributed by atoms with Crippen molar-refractivity contribution in [1.82, 2.24) is 0 Å². The van der Waals surface area contributed by atoms with Crippen LogP contribution in [0.1, 0.15) is 6.42 Å². The van der Waals surface area contributed by atoms with E-state index >= 15 is 0 Å². The molecule has 0 aromatic carbocycles. The zero-order valence-electron chi connectivity index (χ0n) is 9.73. The van der Waals surface area contributed by atoms with Gasteiger partial charge in [-0.25, -0.2) is 0 Å². The van der Waals surface area contributed by atoms with Crippen LogP contribution >= 0.6 is 0 Å². The van der Waals surface area contributed by atoms with Crippen molar-refractivity contribution in [1.29, 1.82) is 0 Å². The topological polar surface area (TPSA) is 80.9 Å². The molecule has 96 valence electrons. The second kappa shape index (κ2) is 12.2. The molecular weight excluding hydrogens is 222 g/mol. The molecular formula is C9H24ClNO4. The molecule has 6 heteroatoms. The third-order valence-corrected chi connectivity index (χ3v) is 1.44. The van der Waals surface area contributed by atoms with E-state index in [4.69, 9.17) is 20.4 Å². The van der Waals surface area contributed by atoms with E-state index < -0.39 is 6.10 Å². The van der Waals surface area contributed by atoms with Crippen molar-refractivity contribution in [3.63, 3.8) is 0 Å². The highest BCUT2D eigenvalue weighted by molar-refractivity contribution is 4.48. The number of halogens is 1. The molecule has 1 unspecified atom stereocenters. The van der Waals surface area contributed by atoms with Gasteiger partial charge in [0.1, 0.15) is 6.54 Å². The molecule has 0 amide bonds. The van der Waals surface area contributed by atoms with Gasteiger partial charge >= 0.3 is 0 Å². The summed E-state index contributed by atoms with van der Waals surface area (Å²) in [7, 11) is 6.16. The fourth-order valence-corrected chi connectivity index (χ4v) is 0.540. The van der Waals surface area contributed by atoms with Crippen molar-refractivity contribution >= 4 is 0 Å². The number of nitrogens with zero attached hydrogens (tertiary/aromatic N) is 1. The summed E-state index contributed by atoms with van der Waals surface area (Å²) < 4.78 is 0.844. The number of rotatable bonds is 5. The highest BCUT2D eigenvalue weighted by atomic mass is 35.5. The minimum Gasteiger partial charge on any atom is -1.00 e. The summed E-state index contributed by atoms with van der Waals surface area (Å²) in [6.45, 7) is 0.784. The number of hydrogen-bond donors (Lipinski definition) is 4. The van der Waals surface area contributed by atoms with Crippen LogP contribution in [0, 0.1) is 0 Å². The van der Waals surface area contributed by atoms with Crippen LogP contribution < -0.4 is 12.4 Å². The molecule has 0 aliphatic rings. The molecule has 0 aliphatic carbocycles. The molecule has 15 heavy (non-hydrogen) atoms. The molecule has 0 aromatic rings. The fraction of sp³-hybridized carbons (Fsp3) is 1.00. The lowest BCUT2D eigenvalue weighted by Crippen LogP contribution is -3.00. The lowest BCUT2D eigenvalue weighted by atomic mass is 10.3. The predicted molar refractivity (Wildman–Crippen MR) is 54.8 cm³/mol. The van der Waals surface area contributed by atoms with E-state index in [1.165, 1.54) is 0 Å². The Morgan fingerprint density at radius 3 is 1.53 bits per heavy atom. The molecule has 0 aromatic heterocycles. The highest BCUT2D eigenvalue weighted by Crippen LogP contribution is 1.85. The van der Waals surface area contributed by atoms with E-state index in [2.05, 4.69) is 21.1 Å². The normalized spacial score (nSPS) is 12.2. The molecule has 0 saturated carbocycles. The Balaban J connectivity index is -0.000000180. The van der Waals surface area contributed by atoms with E-state index in [0.717, 1.165) is 11.0 Å². The summed E-state index contributed by atoms with van der Waals surface area (Å²) in [6.07, 6.45) is -0.485. The molecule has 0 fully saturated rings. The average Bonchev–Trinajstić information content (AvgIpc) is 2.03. The molecule has 1 atom stereocenters. The first kappa shape index (κ1) is 20.5. The summed E-state index contributed by atoms with van der Waals surface area (Å²) in [6, 6.07) is 0. The Hall–Kier alpha value is 0.0900. The molecule has 0 aliphatic heterocycles. The average molecular weight is 246 g/mol. The van der Waals surface area contributed by atoms with Crippen molar-refractivity contribution in [2.75, 3.05) is 47.5 Å². The zero-order valence-corrected chi connectivity index (χ0v) is 10.5. The maximum absolute atomic E-state index is 8.45. The first-order valence-electron chi connectivity index (χ1n) is 4.68. The third-order valence-electron chi connectivity index (χ3n) is 1.44. The maximum Gasteiger partial charge on any atom is 0.101 e. The Labute approximate surface area is 98.0 Å². The largest absolute Gasteiger partial charge is 1.00 e. The second-order valence-corrected chi connectivity index (χ2v) is 4.09. The zero-order chi connectivity index (χ0) is 11.6. The summed E-state index contributed by atoms with van der Waals surface area (Å²) in [5.74, 6) is 0. The third kappa shape index (κ3) is 24.9. The van der Waals surface area contributed by atoms with Crippen molar-refractivity contribution in [2.45, 2.75) is 12.5 Å². The van der Waals surface area contributed by atoms with E-state index in [-0.39, 0.29) is 38.6 Å². The van der Waals surface area contributed by atoms with Gasteiger partial charge in [0.25, 0.3) is 0 Å². The Bertz CT molecular complexity index is 119. The van der Waals surface area contributed by atoms with Crippen LogP contribution in [0.3, 0.4) is 0 Å². The number of quaternary nitrogens is 1. The van der Waals surface area contributed by atoms with Crippen LogP contribution in [-0.4, -0.2) is 78.5 Å². The van der Waals surface area contributed by atoms with Crippen LogP contribution in [-0.2, 0) is 0 Å². The van der Waals surface area contributed by atoms with Gasteiger partial charge in [-0.3, -0.25) is 0 Å². The van der Waals surface area contributed by atoms with Gasteiger partial charge in [-0.05, 0) is 6.42 Å². The molecule has 0 bridgehead atoms. The van der Waals surface area contributed by atoms with Crippen LogP contribution in [0.15, 0.2) is 0 Å². The van der Waals surface area contributed by atoms with Crippen molar-refractivity contribution < 1.29 is 37.3 Å². The van der Waals surface area contributed by atoms with Gasteiger partial charge in [0.15, 0.2) is 0 Å². The van der Waals surface area contributed by atoms with Crippen LogP contribution in [0.4, 0.5) is 0 Å². The first-order chi connectivity index (χ1) is 6.37. The quantitative estimate of drug-likeness (QED) is 0.368. The van der Waals surface area contributed by atoms with E-state index in [1.54, 1.807) is 0 Å². The van der Waals surface area contributed by atoms with Gasteiger partial charge < -0.3 is 37.3 Å². The summed E-state index contributed by atoms with van der Waals surface area (Å²) in [4.78, 5) is 0. The van der Waals surface area contributed by atoms with Gasteiger partial charge in [-0.15, -0.1) is 0 Å². The Kier molecular flexibility index (Phi) is 16.6. The van der Waals surface area contributed by atoms with Crippen molar-refractivity contribution in [3.8, 4) is 0 Å². The molecule has 5 nitrogen and oxygen atoms in total. The van der Waals surface area contributed by atoms with Gasteiger partial charge in [0.05, 0.1) is 40.5 Å². The lowest BCUT2D eigenvalue weighted by molar-refractivity contribution is -0.870. The van der Waals surface area contributed by atoms with Crippen molar-refractivity contribution in [2.24, 2.45) is 0 Å². The second-order valence-electron chi connectivity index (χ2n) is 4.09. The van der Waals surface area contributed by atoms with Crippen LogP contribution in [0.2, 0.25) is 0 Å². The number of aliphatic hydroxyl groups excluding tert-OH is 4. The molecule has 0 spiro atoms. The van der Waals surface area contributed by atoms with Gasteiger partial charge in [-0.1, -0.05) is 0 Å². The number of likely N-dealkylation sites (N-methyl/N-ethyl adjacent to an activating group) is 1. The Morgan fingerprint density at radius 2 is 1.47 bits per heavy atom. The fourth-order valence-electron chi connectivity index (χ4n) is 0.540. The lowest BCUT2D eigenvalue weighted by Gasteiger charge is -2.21. The minimum atomic E-state index is -0.745. The molecule has 0 radical (unpaired) electrons. The number of hydrogen-bond acceptors (Lipinski definition) is 4. The summed E-state index contributed by atoms with van der Waals surface area (Å²) >= 11 is 0.